The number of hydrogen-bond acceptors (Lipinski definition) is 6. The number of carbonyl (C=O) groups is 2. The summed E-state index contributed by atoms with van der Waals surface area (Å²) in [6.45, 7) is 12.1. The minimum absolute atomic E-state index is 0.00596. The van der Waals surface area contributed by atoms with Gasteiger partial charge in [-0.25, -0.2) is 4.79 Å². The fourth-order valence-corrected chi connectivity index (χ4v) is 13.4. The standard InChI is InChI=1S/C40H50O7/c1-23-11-14-36(3)27(33(41)42)7-6-8-30(36)35(23,2)15-12-24-19-28-26-9-10-31-37(4)20-29(25-13-18-44-21-25)47-38(37,5)16-17-39(31)22-45-34(43)40(26,39)32(24)46-28/h7,9-10,13,18-19,21,23,26,28-32H,6,8,11-12,14-17,20,22H2,1-5H3,(H,41,42)/t23-,26-,28-,29+,30-,31-,32+,35+,36+,37-,38-,39+,40-/m1/s1. The predicted molar refractivity (Wildman–Crippen MR) is 174 cm³/mol. The summed E-state index contributed by atoms with van der Waals surface area (Å²) in [6.07, 6.45) is 20.4. The first-order valence-corrected chi connectivity index (χ1v) is 18.2. The molecule has 5 fully saturated rings. The number of fused-ring (bicyclic) bond motifs is 6. The number of cyclic esters (lactones) is 1. The van der Waals surface area contributed by atoms with Crippen molar-refractivity contribution in [3.05, 3.63) is 59.6 Å². The van der Waals surface area contributed by atoms with Crippen LogP contribution in [0.25, 0.3) is 0 Å². The topological polar surface area (TPSA) is 95.2 Å². The third-order valence-corrected chi connectivity index (χ3v) is 16.3. The van der Waals surface area contributed by atoms with Crippen LogP contribution in [0, 0.1) is 50.7 Å². The Morgan fingerprint density at radius 3 is 2.68 bits per heavy atom. The number of allylic oxidation sites excluding steroid dienone is 2. The average molecular weight is 643 g/mol. The third-order valence-electron chi connectivity index (χ3n) is 16.3. The summed E-state index contributed by atoms with van der Waals surface area (Å²) in [5, 5.41) is 10.2. The number of ether oxygens (including phenoxy) is 3. The smallest absolute Gasteiger partial charge is 0.331 e. The van der Waals surface area contributed by atoms with Crippen molar-refractivity contribution in [1.82, 2.24) is 0 Å². The normalized spacial score (nSPS) is 52.1. The second-order valence-corrected chi connectivity index (χ2v) is 17.6. The lowest BCUT2D eigenvalue weighted by molar-refractivity contribution is -0.181. The van der Waals surface area contributed by atoms with Gasteiger partial charge in [0.25, 0.3) is 0 Å². The minimum Gasteiger partial charge on any atom is -0.478 e. The number of carboxylic acid groups (broad SMARTS) is 1. The Kier molecular flexibility index (Phi) is 6.17. The Hall–Kier alpha value is -2.64. The van der Waals surface area contributed by atoms with E-state index in [-0.39, 0.29) is 63.4 Å². The van der Waals surface area contributed by atoms with E-state index in [9.17, 15) is 14.7 Å². The zero-order valence-corrected chi connectivity index (χ0v) is 28.6. The maximum atomic E-state index is 14.4. The molecule has 2 bridgehead atoms. The highest BCUT2D eigenvalue weighted by Gasteiger charge is 2.82. The number of esters is 1. The zero-order chi connectivity index (χ0) is 32.8. The average Bonchev–Trinajstić information content (AvgIpc) is 3.86. The number of carboxylic acids is 1. The molecule has 4 aliphatic carbocycles. The first-order chi connectivity index (χ1) is 22.3. The first-order valence-electron chi connectivity index (χ1n) is 18.2. The summed E-state index contributed by atoms with van der Waals surface area (Å²) < 4.78 is 25.5. The lowest BCUT2D eigenvalue weighted by Gasteiger charge is -2.62. The van der Waals surface area contributed by atoms with Crippen molar-refractivity contribution in [1.29, 1.82) is 0 Å². The van der Waals surface area contributed by atoms with E-state index >= 15 is 0 Å². The van der Waals surface area contributed by atoms with Crippen molar-refractivity contribution < 1.29 is 33.3 Å². The molecule has 2 saturated carbocycles. The zero-order valence-electron chi connectivity index (χ0n) is 28.6. The van der Waals surface area contributed by atoms with E-state index in [0.717, 1.165) is 63.4 Å². The Morgan fingerprint density at radius 2 is 1.91 bits per heavy atom. The minimum atomic E-state index is -0.755. The molecule has 7 heteroatoms. The summed E-state index contributed by atoms with van der Waals surface area (Å²) in [5.41, 5.74) is 1.07. The molecule has 1 aromatic heterocycles. The molecule has 0 aromatic carbocycles. The van der Waals surface area contributed by atoms with Gasteiger partial charge in [-0.3, -0.25) is 4.79 Å². The third kappa shape index (κ3) is 3.46. The van der Waals surface area contributed by atoms with Crippen molar-refractivity contribution in [3.63, 3.8) is 0 Å². The molecule has 8 aliphatic rings. The van der Waals surface area contributed by atoms with Crippen LogP contribution in [0.4, 0.5) is 0 Å². The molecule has 2 spiro atoms. The fraction of sp³-hybridized carbons (Fsp3) is 0.700. The van der Waals surface area contributed by atoms with Gasteiger partial charge in [0.1, 0.15) is 5.41 Å². The number of aliphatic carboxylic acids is 1. The summed E-state index contributed by atoms with van der Waals surface area (Å²) in [7, 11) is 0. The van der Waals surface area contributed by atoms with Crippen LogP contribution in [0.1, 0.15) is 104 Å². The SMILES string of the molecule is C[C@@H]1CC[C@@]2(C)C(C(=O)O)=CCC[C@@H]2[C@@]1(C)CCC1=C[C@H]2O[C@@H]1[C@]13C(=O)OC[C@]14CC[C@@]1(C)O[C@H](c5ccoc5)C[C@]1(C)[C@H]4C=C[C@H]23. The highest BCUT2D eigenvalue weighted by atomic mass is 16.6. The van der Waals surface area contributed by atoms with Gasteiger partial charge in [-0.1, -0.05) is 52.0 Å². The second-order valence-electron chi connectivity index (χ2n) is 17.6. The Labute approximate surface area is 278 Å². The van der Waals surface area contributed by atoms with Crippen LogP contribution in [-0.4, -0.2) is 41.5 Å². The van der Waals surface area contributed by atoms with Crippen molar-refractivity contribution in [2.75, 3.05) is 6.61 Å². The van der Waals surface area contributed by atoms with E-state index < -0.39 is 11.4 Å². The van der Waals surface area contributed by atoms with Gasteiger partial charge in [0.15, 0.2) is 0 Å². The summed E-state index contributed by atoms with van der Waals surface area (Å²) in [4.78, 5) is 26.8. The van der Waals surface area contributed by atoms with E-state index in [0.29, 0.717) is 24.0 Å². The maximum absolute atomic E-state index is 14.4. The van der Waals surface area contributed by atoms with Gasteiger partial charge >= 0.3 is 11.9 Å². The molecule has 7 nitrogen and oxygen atoms in total. The highest BCUT2D eigenvalue weighted by molar-refractivity contribution is 5.88. The molecule has 0 radical (unpaired) electrons. The first kappa shape index (κ1) is 30.4. The molecule has 0 amide bonds. The molecule has 3 saturated heterocycles. The van der Waals surface area contributed by atoms with Crippen molar-refractivity contribution >= 4 is 11.9 Å². The number of carbonyl (C=O) groups excluding carboxylic acids is 1. The van der Waals surface area contributed by atoms with Gasteiger partial charge in [0, 0.05) is 33.3 Å². The maximum Gasteiger partial charge on any atom is 0.331 e. The van der Waals surface area contributed by atoms with E-state index in [2.05, 4.69) is 52.8 Å². The van der Waals surface area contributed by atoms with Crippen LogP contribution in [0.15, 0.2) is 58.5 Å². The number of rotatable bonds is 5. The molecule has 5 heterocycles. The highest BCUT2D eigenvalue weighted by Crippen LogP contribution is 2.77. The molecular weight excluding hydrogens is 592 g/mol. The number of furan rings is 1. The summed E-state index contributed by atoms with van der Waals surface area (Å²) >= 11 is 0. The molecule has 13 atom stereocenters. The quantitative estimate of drug-likeness (QED) is 0.257. The van der Waals surface area contributed by atoms with Crippen LogP contribution in [0.2, 0.25) is 0 Å². The number of hydrogen-bond donors (Lipinski definition) is 1. The van der Waals surface area contributed by atoms with E-state index in [1.165, 1.54) is 5.57 Å². The lowest BCUT2D eigenvalue weighted by Crippen LogP contribution is -2.66. The Bertz CT molecular complexity index is 1620. The Balaban J connectivity index is 1.05. The van der Waals surface area contributed by atoms with E-state index in [1.807, 2.05) is 18.4 Å². The van der Waals surface area contributed by atoms with Crippen LogP contribution >= 0.6 is 0 Å². The van der Waals surface area contributed by atoms with Crippen molar-refractivity contribution in [2.45, 2.75) is 116 Å². The molecule has 0 unspecified atom stereocenters. The lowest BCUT2D eigenvalue weighted by atomic mass is 9.38. The molecular formula is C40H50O7. The van der Waals surface area contributed by atoms with Gasteiger partial charge in [-0.05, 0) is 99.5 Å². The fourth-order valence-electron chi connectivity index (χ4n) is 13.4. The van der Waals surface area contributed by atoms with Gasteiger partial charge < -0.3 is 23.7 Å². The van der Waals surface area contributed by atoms with E-state index in [4.69, 9.17) is 18.6 Å². The largest absolute Gasteiger partial charge is 0.478 e. The Morgan fingerprint density at radius 1 is 1.09 bits per heavy atom. The molecule has 9 rings (SSSR count). The summed E-state index contributed by atoms with van der Waals surface area (Å²) in [5.74, 6) is 0.0857. The van der Waals surface area contributed by atoms with Crippen LogP contribution in [-0.2, 0) is 23.8 Å². The molecule has 252 valence electrons. The van der Waals surface area contributed by atoms with Crippen LogP contribution in [0.5, 0.6) is 0 Å². The molecule has 47 heavy (non-hydrogen) atoms. The predicted octanol–water partition coefficient (Wildman–Crippen LogP) is 7.98. The molecule has 4 aliphatic heterocycles. The van der Waals surface area contributed by atoms with Crippen molar-refractivity contribution in [3.8, 4) is 0 Å². The van der Waals surface area contributed by atoms with Gasteiger partial charge in [-0.15, -0.1) is 0 Å². The van der Waals surface area contributed by atoms with E-state index in [1.54, 1.807) is 6.26 Å². The molecule has 1 N–H and O–H groups in total. The monoisotopic (exact) mass is 642 g/mol. The summed E-state index contributed by atoms with van der Waals surface area (Å²) in [6, 6.07) is 2.02. The molecule has 1 aromatic rings. The van der Waals surface area contributed by atoms with Crippen LogP contribution in [0.3, 0.4) is 0 Å². The van der Waals surface area contributed by atoms with Gasteiger partial charge in [0.05, 0.1) is 43.0 Å². The second kappa shape index (κ2) is 9.53. The van der Waals surface area contributed by atoms with Crippen molar-refractivity contribution in [2.24, 2.45) is 50.7 Å². The van der Waals surface area contributed by atoms with Crippen LogP contribution < -0.4 is 0 Å². The van der Waals surface area contributed by atoms with Gasteiger partial charge in [0.2, 0.25) is 0 Å². The van der Waals surface area contributed by atoms with Gasteiger partial charge in [-0.2, -0.15) is 0 Å².